The van der Waals surface area contributed by atoms with Gasteiger partial charge in [-0.3, -0.25) is 0 Å². The van der Waals surface area contributed by atoms with Gasteiger partial charge in [-0.1, -0.05) is 92.7 Å². The third-order valence-electron chi connectivity index (χ3n) is 7.04. The molecule has 0 aromatic heterocycles. The first kappa shape index (κ1) is 33.5. The van der Waals surface area contributed by atoms with Crippen LogP contribution in [0, 0.1) is 0 Å². The summed E-state index contributed by atoms with van der Waals surface area (Å²) in [5.74, 6) is -0.00380. The van der Waals surface area contributed by atoms with Crippen LogP contribution in [0.3, 0.4) is 0 Å². The number of benzene rings is 6. The number of halogens is 2. The first-order valence-corrected chi connectivity index (χ1v) is 18.7. The van der Waals surface area contributed by atoms with Gasteiger partial charge in [-0.15, -0.1) is 8.73 Å². The van der Waals surface area contributed by atoms with Crippen LogP contribution in [0.1, 0.15) is 0 Å². The normalized spacial score (nSPS) is 13.8. The maximum atomic E-state index is 14.8. The molecule has 0 spiro atoms. The lowest BCUT2D eigenvalue weighted by molar-refractivity contribution is 0.503. The van der Waals surface area contributed by atoms with Crippen LogP contribution in [-0.4, -0.2) is 16.8 Å². The molecule has 0 fully saturated rings. The van der Waals surface area contributed by atoms with E-state index in [2.05, 4.69) is 8.73 Å². The van der Waals surface area contributed by atoms with Crippen LogP contribution in [0.5, 0.6) is 11.5 Å². The second kappa shape index (κ2) is 14.0. The van der Waals surface area contributed by atoms with E-state index in [1.807, 2.05) is 60.7 Å². The van der Waals surface area contributed by atoms with E-state index in [1.165, 1.54) is 72.8 Å². The maximum Gasteiger partial charge on any atom is 0.382 e. The summed E-state index contributed by atoms with van der Waals surface area (Å²) in [5.41, 5.74) is 3.36. The molecule has 0 N–H and O–H groups in total. The molecule has 0 aliphatic rings. The first-order chi connectivity index (χ1) is 23.5. The average Bonchev–Trinajstić information content (AvgIpc) is 3.09. The predicted molar refractivity (Wildman–Crippen MR) is 186 cm³/mol. The number of sulfone groups is 1. The molecular formula is C36H26F2N2O6S3. The minimum atomic E-state index is -4.67. The molecule has 6 aromatic rings. The maximum absolute atomic E-state index is 14.8. The summed E-state index contributed by atoms with van der Waals surface area (Å²) in [6.07, 6.45) is 0. The monoisotopic (exact) mass is 716 g/mol. The standard InChI is InChI=1S/C36H26F2N2O6S3/c37-48(43,45-33-19-11-29(12-20-33)27-7-3-1-4-8-27)39-31-15-23-35(24-16-31)47(41,42)36-25-17-32(18-26-36)40-49(38,44)46-34-21-13-30(14-22-34)28-9-5-2-6-10-28/h1-26H. The van der Waals surface area contributed by atoms with Crippen molar-refractivity contribution in [3.05, 3.63) is 158 Å². The van der Waals surface area contributed by atoms with Crippen molar-refractivity contribution in [2.45, 2.75) is 9.79 Å². The topological polar surface area (TPSA) is 111 Å². The van der Waals surface area contributed by atoms with Gasteiger partial charge in [0.15, 0.2) is 0 Å². The summed E-state index contributed by atoms with van der Waals surface area (Å²) in [6.45, 7) is 0. The molecule has 0 amide bonds. The van der Waals surface area contributed by atoms with Crippen LogP contribution in [0.2, 0.25) is 0 Å². The summed E-state index contributed by atoms with van der Waals surface area (Å²) in [6, 6.07) is 41.0. The highest BCUT2D eigenvalue weighted by molar-refractivity contribution is 7.91. The van der Waals surface area contributed by atoms with Gasteiger partial charge in [0.2, 0.25) is 9.84 Å². The molecule has 0 radical (unpaired) electrons. The summed E-state index contributed by atoms with van der Waals surface area (Å²) >= 11 is 0. The van der Waals surface area contributed by atoms with E-state index in [0.29, 0.717) is 0 Å². The van der Waals surface area contributed by atoms with Gasteiger partial charge in [0.25, 0.3) is 0 Å². The molecule has 0 heterocycles. The van der Waals surface area contributed by atoms with Crippen molar-refractivity contribution in [2.75, 3.05) is 0 Å². The molecule has 2 unspecified atom stereocenters. The Hall–Kier alpha value is -5.37. The lowest BCUT2D eigenvalue weighted by Crippen LogP contribution is -2.03. The van der Waals surface area contributed by atoms with Gasteiger partial charge >= 0.3 is 20.8 Å². The van der Waals surface area contributed by atoms with E-state index < -0.39 is 30.6 Å². The molecule has 0 saturated carbocycles. The summed E-state index contributed by atoms with van der Waals surface area (Å²) in [5, 5.41) is 0. The Balaban J connectivity index is 1.11. The van der Waals surface area contributed by atoms with Crippen LogP contribution in [0.4, 0.5) is 19.1 Å². The van der Waals surface area contributed by atoms with Gasteiger partial charge < -0.3 is 8.37 Å². The van der Waals surface area contributed by atoms with E-state index in [9.17, 15) is 24.6 Å². The molecule has 49 heavy (non-hydrogen) atoms. The highest BCUT2D eigenvalue weighted by Gasteiger charge is 2.19. The SMILES string of the molecule is O=S(=O)(c1ccc(N=S(=O)(F)Oc2ccc(-c3ccccc3)cc2)cc1)c1ccc(N=S(=O)(F)Oc2ccc(-c3ccccc3)cc2)cc1. The fraction of sp³-hybridized carbons (Fsp3) is 0. The van der Waals surface area contributed by atoms with E-state index in [-0.39, 0.29) is 32.7 Å². The van der Waals surface area contributed by atoms with Crippen LogP contribution >= 0.6 is 0 Å². The predicted octanol–water partition coefficient (Wildman–Crippen LogP) is 9.81. The lowest BCUT2D eigenvalue weighted by Gasteiger charge is -2.08. The Kier molecular flexibility index (Phi) is 9.58. The second-order valence-electron chi connectivity index (χ2n) is 10.4. The summed E-state index contributed by atoms with van der Waals surface area (Å²) in [7, 11) is -13.4. The van der Waals surface area contributed by atoms with Crippen LogP contribution in [0.15, 0.2) is 176 Å². The number of nitrogens with zero attached hydrogens (tertiary/aromatic N) is 2. The fourth-order valence-electron chi connectivity index (χ4n) is 4.70. The van der Waals surface area contributed by atoms with Gasteiger partial charge in [-0.2, -0.15) is 8.42 Å². The Bertz CT molecular complexity index is 2260. The van der Waals surface area contributed by atoms with Gasteiger partial charge in [-0.05, 0) is 95.1 Å². The second-order valence-corrected chi connectivity index (χ2v) is 14.7. The van der Waals surface area contributed by atoms with E-state index in [1.54, 1.807) is 24.3 Å². The molecule has 13 heteroatoms. The molecule has 0 saturated heterocycles. The molecule has 6 aromatic carbocycles. The minimum absolute atomic E-state index is 0.00190. The van der Waals surface area contributed by atoms with Gasteiger partial charge in [0, 0.05) is 0 Å². The summed E-state index contributed by atoms with van der Waals surface area (Å²) in [4.78, 5) is -0.342. The van der Waals surface area contributed by atoms with Gasteiger partial charge in [0.1, 0.15) is 11.5 Å². The highest BCUT2D eigenvalue weighted by atomic mass is 32.3. The van der Waals surface area contributed by atoms with Crippen LogP contribution in [-0.2, 0) is 30.6 Å². The molecule has 6 rings (SSSR count). The van der Waals surface area contributed by atoms with Crippen molar-refractivity contribution in [3.63, 3.8) is 0 Å². The Labute approximate surface area is 283 Å². The van der Waals surface area contributed by atoms with Crippen molar-refractivity contribution in [2.24, 2.45) is 8.73 Å². The molecule has 8 nitrogen and oxygen atoms in total. The van der Waals surface area contributed by atoms with Gasteiger partial charge in [-0.25, -0.2) is 8.42 Å². The molecule has 0 aliphatic heterocycles. The van der Waals surface area contributed by atoms with Crippen molar-refractivity contribution < 1.29 is 33.0 Å². The van der Waals surface area contributed by atoms with E-state index in [4.69, 9.17) is 8.37 Å². The molecule has 2 atom stereocenters. The summed E-state index contributed by atoms with van der Waals surface area (Å²) < 4.78 is 97.9. The van der Waals surface area contributed by atoms with Crippen molar-refractivity contribution >= 4 is 42.0 Å². The Morgan fingerprint density at radius 2 is 0.694 bits per heavy atom. The zero-order valence-electron chi connectivity index (χ0n) is 25.3. The Morgan fingerprint density at radius 1 is 0.388 bits per heavy atom. The average molecular weight is 717 g/mol. The van der Waals surface area contributed by atoms with E-state index in [0.717, 1.165) is 22.3 Å². The number of rotatable bonds is 10. The largest absolute Gasteiger partial charge is 0.382 e. The highest BCUT2D eigenvalue weighted by Crippen LogP contribution is 2.29. The van der Waals surface area contributed by atoms with Crippen molar-refractivity contribution in [3.8, 4) is 33.8 Å². The fourth-order valence-corrected chi connectivity index (χ4v) is 7.48. The zero-order valence-corrected chi connectivity index (χ0v) is 27.8. The number of hydrogen-bond donors (Lipinski definition) is 0. The third-order valence-corrected chi connectivity index (χ3v) is 10.5. The number of hydrogen-bond acceptors (Lipinski definition) is 8. The van der Waals surface area contributed by atoms with Crippen molar-refractivity contribution in [1.82, 2.24) is 0 Å². The third kappa shape index (κ3) is 8.57. The molecule has 0 bridgehead atoms. The Morgan fingerprint density at radius 3 is 1.02 bits per heavy atom. The van der Waals surface area contributed by atoms with Crippen LogP contribution in [0.25, 0.3) is 22.3 Å². The molecule has 248 valence electrons. The zero-order chi connectivity index (χ0) is 34.5. The quantitative estimate of drug-likeness (QED) is 0.131. The van der Waals surface area contributed by atoms with Gasteiger partial charge in [0.05, 0.1) is 21.2 Å². The molecule has 0 aliphatic carbocycles. The van der Waals surface area contributed by atoms with Crippen LogP contribution < -0.4 is 8.37 Å². The van der Waals surface area contributed by atoms with Crippen molar-refractivity contribution in [1.29, 1.82) is 0 Å². The first-order valence-electron chi connectivity index (χ1n) is 14.5. The lowest BCUT2D eigenvalue weighted by atomic mass is 10.1. The molecular weight excluding hydrogens is 691 g/mol. The minimum Gasteiger partial charge on any atom is -0.373 e. The van der Waals surface area contributed by atoms with E-state index >= 15 is 0 Å². The smallest absolute Gasteiger partial charge is 0.373 e.